The molecule has 0 radical (unpaired) electrons. The fourth-order valence-corrected chi connectivity index (χ4v) is 5.82. The SMILES string of the molecule is CC[C@H]1CC[C@H](C2CCC(c3ccc(C(=O)Oc4cc(F)c(CF)c(F)c4)cc3)CC2)CC1. The Kier molecular flexibility index (Phi) is 7.77. The molecule has 0 atom stereocenters. The molecule has 2 aliphatic carbocycles. The number of alkyl halides is 1. The molecule has 0 spiro atoms. The monoisotopic (exact) mass is 458 g/mol. The van der Waals surface area contributed by atoms with Crippen LogP contribution < -0.4 is 4.74 Å². The summed E-state index contributed by atoms with van der Waals surface area (Å²) in [6.07, 6.45) is 11.8. The summed E-state index contributed by atoms with van der Waals surface area (Å²) in [5.41, 5.74) is 0.877. The minimum absolute atomic E-state index is 0.275. The first-order chi connectivity index (χ1) is 16.0. The summed E-state index contributed by atoms with van der Waals surface area (Å²) in [5, 5.41) is 0. The van der Waals surface area contributed by atoms with Gasteiger partial charge in [-0.3, -0.25) is 0 Å². The number of carbonyl (C=O) groups is 1. The van der Waals surface area contributed by atoms with E-state index in [9.17, 15) is 18.0 Å². The van der Waals surface area contributed by atoms with E-state index in [4.69, 9.17) is 4.74 Å². The first-order valence-electron chi connectivity index (χ1n) is 12.3. The minimum atomic E-state index is -1.25. The van der Waals surface area contributed by atoms with Crippen molar-refractivity contribution in [2.75, 3.05) is 0 Å². The molecule has 0 N–H and O–H groups in total. The Bertz CT molecular complexity index is 917. The van der Waals surface area contributed by atoms with E-state index in [0.29, 0.717) is 11.5 Å². The molecule has 0 aliphatic heterocycles. The number of ether oxygens (including phenoxy) is 1. The van der Waals surface area contributed by atoms with Crippen molar-refractivity contribution in [1.29, 1.82) is 0 Å². The number of rotatable bonds is 6. The Morgan fingerprint density at radius 2 is 1.42 bits per heavy atom. The maximum Gasteiger partial charge on any atom is 0.343 e. The first-order valence-corrected chi connectivity index (χ1v) is 12.3. The molecular weight excluding hydrogens is 425 g/mol. The smallest absolute Gasteiger partial charge is 0.343 e. The lowest BCUT2D eigenvalue weighted by Gasteiger charge is -2.38. The Morgan fingerprint density at radius 3 is 1.94 bits per heavy atom. The molecule has 0 unspecified atom stereocenters. The van der Waals surface area contributed by atoms with Gasteiger partial charge in [-0.25, -0.2) is 18.0 Å². The van der Waals surface area contributed by atoms with Gasteiger partial charge >= 0.3 is 5.97 Å². The van der Waals surface area contributed by atoms with Crippen LogP contribution in [0.4, 0.5) is 13.2 Å². The molecule has 0 aromatic heterocycles. The van der Waals surface area contributed by atoms with Crippen molar-refractivity contribution in [3.05, 3.63) is 64.7 Å². The number of halogens is 3. The van der Waals surface area contributed by atoms with Crippen LogP contribution in [-0.2, 0) is 6.67 Å². The van der Waals surface area contributed by atoms with Crippen LogP contribution in [0.5, 0.6) is 5.75 Å². The molecule has 2 fully saturated rings. The van der Waals surface area contributed by atoms with Gasteiger partial charge < -0.3 is 4.74 Å². The van der Waals surface area contributed by atoms with Crippen LogP contribution in [0.25, 0.3) is 0 Å². The second-order valence-corrected chi connectivity index (χ2v) is 9.81. The summed E-state index contributed by atoms with van der Waals surface area (Å²) in [4.78, 5) is 12.4. The predicted molar refractivity (Wildman–Crippen MR) is 123 cm³/mol. The number of hydrogen-bond donors (Lipinski definition) is 0. The molecule has 0 heterocycles. The van der Waals surface area contributed by atoms with E-state index >= 15 is 0 Å². The van der Waals surface area contributed by atoms with Gasteiger partial charge in [-0.05, 0) is 79.9 Å². The van der Waals surface area contributed by atoms with Gasteiger partial charge in [0.25, 0.3) is 0 Å². The summed E-state index contributed by atoms with van der Waals surface area (Å²) in [7, 11) is 0. The lowest BCUT2D eigenvalue weighted by molar-refractivity contribution is 0.0734. The molecule has 0 saturated heterocycles. The van der Waals surface area contributed by atoms with Crippen LogP contribution in [0.2, 0.25) is 0 Å². The topological polar surface area (TPSA) is 26.3 Å². The van der Waals surface area contributed by atoms with E-state index in [2.05, 4.69) is 6.92 Å². The van der Waals surface area contributed by atoms with E-state index in [1.54, 1.807) is 12.1 Å². The molecule has 2 saturated carbocycles. The van der Waals surface area contributed by atoms with Crippen LogP contribution in [0.3, 0.4) is 0 Å². The van der Waals surface area contributed by atoms with Gasteiger partial charge in [0, 0.05) is 12.1 Å². The number of benzene rings is 2. The lowest BCUT2D eigenvalue weighted by Crippen LogP contribution is -2.25. The zero-order chi connectivity index (χ0) is 23.4. The molecule has 2 aliphatic rings. The summed E-state index contributed by atoms with van der Waals surface area (Å²) in [6, 6.07) is 8.99. The third-order valence-corrected chi connectivity index (χ3v) is 7.98. The van der Waals surface area contributed by atoms with Crippen molar-refractivity contribution in [2.24, 2.45) is 17.8 Å². The van der Waals surface area contributed by atoms with E-state index in [0.717, 1.165) is 29.9 Å². The van der Waals surface area contributed by atoms with Gasteiger partial charge in [-0.15, -0.1) is 0 Å². The largest absolute Gasteiger partial charge is 0.423 e. The van der Waals surface area contributed by atoms with Gasteiger partial charge in [0.2, 0.25) is 0 Å². The van der Waals surface area contributed by atoms with E-state index in [-0.39, 0.29) is 5.75 Å². The average molecular weight is 459 g/mol. The minimum Gasteiger partial charge on any atom is -0.423 e. The molecule has 0 amide bonds. The van der Waals surface area contributed by atoms with Crippen molar-refractivity contribution in [1.82, 2.24) is 0 Å². The summed E-state index contributed by atoms with van der Waals surface area (Å²) < 4.78 is 45.2. The molecule has 178 valence electrons. The average Bonchev–Trinajstić information content (AvgIpc) is 2.84. The molecule has 2 aromatic rings. The lowest BCUT2D eigenvalue weighted by atomic mass is 9.68. The zero-order valence-electron chi connectivity index (χ0n) is 19.3. The van der Waals surface area contributed by atoms with Gasteiger partial charge in [-0.2, -0.15) is 0 Å². The molecular formula is C28H33F3O2. The standard InChI is InChI=1S/C28H33F3O2/c1-2-18-3-5-19(6-4-18)20-7-9-21(10-8-20)22-11-13-23(14-12-22)28(32)33-24-15-26(30)25(17-29)27(31)16-24/h11-16,18-21H,2-10,17H2,1H3/t18-,19-,20?,21?. The van der Waals surface area contributed by atoms with E-state index < -0.39 is 29.8 Å². The fraction of sp³-hybridized carbons (Fsp3) is 0.536. The summed E-state index contributed by atoms with van der Waals surface area (Å²) in [5.74, 6) is 0.110. The maximum atomic E-state index is 13.7. The zero-order valence-corrected chi connectivity index (χ0v) is 19.3. The Labute approximate surface area is 194 Å². The van der Waals surface area contributed by atoms with Crippen molar-refractivity contribution < 1.29 is 22.7 Å². The molecule has 33 heavy (non-hydrogen) atoms. The fourth-order valence-electron chi connectivity index (χ4n) is 5.82. The molecule has 4 rings (SSSR count). The maximum absolute atomic E-state index is 13.7. The van der Waals surface area contributed by atoms with Crippen molar-refractivity contribution in [3.8, 4) is 5.75 Å². The van der Waals surface area contributed by atoms with Crippen molar-refractivity contribution in [3.63, 3.8) is 0 Å². The number of hydrogen-bond acceptors (Lipinski definition) is 2. The Hall–Kier alpha value is -2.30. The van der Waals surface area contributed by atoms with E-state index in [1.807, 2.05) is 12.1 Å². The van der Waals surface area contributed by atoms with Gasteiger partial charge in [-0.1, -0.05) is 38.3 Å². The number of carbonyl (C=O) groups excluding carboxylic acids is 1. The summed E-state index contributed by atoms with van der Waals surface area (Å²) >= 11 is 0. The second kappa shape index (κ2) is 10.8. The quantitative estimate of drug-likeness (QED) is 0.322. The van der Waals surface area contributed by atoms with Gasteiger partial charge in [0.05, 0.1) is 11.1 Å². The summed E-state index contributed by atoms with van der Waals surface area (Å²) in [6.45, 7) is 1.06. The highest BCUT2D eigenvalue weighted by atomic mass is 19.1. The molecule has 2 aromatic carbocycles. The molecule has 2 nitrogen and oxygen atoms in total. The highest BCUT2D eigenvalue weighted by Gasteiger charge is 2.31. The van der Waals surface area contributed by atoms with Crippen molar-refractivity contribution in [2.45, 2.75) is 77.3 Å². The van der Waals surface area contributed by atoms with Crippen molar-refractivity contribution >= 4 is 5.97 Å². The van der Waals surface area contributed by atoms with Crippen LogP contribution in [0, 0.1) is 29.4 Å². The molecule has 0 bridgehead atoms. The third kappa shape index (κ3) is 5.62. The predicted octanol–water partition coefficient (Wildman–Crippen LogP) is 8.14. The van der Waals surface area contributed by atoms with Crippen LogP contribution in [-0.4, -0.2) is 5.97 Å². The second-order valence-electron chi connectivity index (χ2n) is 9.81. The third-order valence-electron chi connectivity index (χ3n) is 7.98. The first kappa shape index (κ1) is 23.8. The van der Waals surface area contributed by atoms with Gasteiger partial charge in [0.15, 0.2) is 0 Å². The van der Waals surface area contributed by atoms with Crippen LogP contribution in [0.1, 0.15) is 92.1 Å². The van der Waals surface area contributed by atoms with Crippen LogP contribution in [0.15, 0.2) is 36.4 Å². The molecule has 5 heteroatoms. The Morgan fingerprint density at radius 1 is 0.879 bits per heavy atom. The highest BCUT2D eigenvalue weighted by molar-refractivity contribution is 5.91. The van der Waals surface area contributed by atoms with Gasteiger partial charge in [0.1, 0.15) is 24.1 Å². The number of esters is 1. The van der Waals surface area contributed by atoms with Crippen LogP contribution >= 0.6 is 0 Å². The normalized spacial score (nSPS) is 25.6. The van der Waals surface area contributed by atoms with E-state index in [1.165, 1.54) is 63.4 Å². The Balaban J connectivity index is 1.31. The highest BCUT2D eigenvalue weighted by Crippen LogP contribution is 2.44.